The summed E-state index contributed by atoms with van der Waals surface area (Å²) in [6.45, 7) is 2.22. The van der Waals surface area contributed by atoms with Gasteiger partial charge in [-0.3, -0.25) is 4.79 Å². The van der Waals surface area contributed by atoms with Gasteiger partial charge >= 0.3 is 6.03 Å². The fourth-order valence-electron chi connectivity index (χ4n) is 3.69. The second-order valence-electron chi connectivity index (χ2n) is 6.72. The summed E-state index contributed by atoms with van der Waals surface area (Å²) in [6, 6.07) is 7.33. The molecular formula is C18H25N3O3. The number of amides is 3. The van der Waals surface area contributed by atoms with E-state index in [0.29, 0.717) is 17.9 Å². The molecule has 130 valence electrons. The second kappa shape index (κ2) is 7.11. The van der Waals surface area contributed by atoms with Crippen molar-refractivity contribution in [3.05, 3.63) is 24.3 Å². The minimum absolute atomic E-state index is 0.0860. The Bertz CT molecular complexity index is 609. The number of methoxy groups -OCH3 is 1. The van der Waals surface area contributed by atoms with Crippen molar-refractivity contribution in [2.75, 3.05) is 32.1 Å². The van der Waals surface area contributed by atoms with Crippen molar-refractivity contribution in [1.82, 2.24) is 10.2 Å². The number of hydrogen-bond donors (Lipinski definition) is 2. The highest BCUT2D eigenvalue weighted by Crippen LogP contribution is 2.40. The SMILES string of the molecule is COc1ccccc1NC(=O)N1CCC2(CCNC(=O)CC2)CC1. The molecule has 0 aliphatic carbocycles. The Kier molecular flexibility index (Phi) is 4.92. The van der Waals surface area contributed by atoms with Crippen LogP contribution in [0.15, 0.2) is 24.3 Å². The number of carbonyl (C=O) groups is 2. The summed E-state index contributed by atoms with van der Waals surface area (Å²) in [4.78, 5) is 25.9. The van der Waals surface area contributed by atoms with E-state index in [1.165, 1.54) is 0 Å². The molecule has 0 atom stereocenters. The van der Waals surface area contributed by atoms with Gasteiger partial charge < -0.3 is 20.3 Å². The number of nitrogens with one attached hydrogen (secondary N) is 2. The summed E-state index contributed by atoms with van der Waals surface area (Å²) in [5.41, 5.74) is 0.898. The quantitative estimate of drug-likeness (QED) is 0.875. The van der Waals surface area contributed by atoms with Crippen LogP contribution >= 0.6 is 0 Å². The average Bonchev–Trinajstić information content (AvgIpc) is 2.78. The summed E-state index contributed by atoms with van der Waals surface area (Å²) in [5.74, 6) is 0.816. The van der Waals surface area contributed by atoms with Crippen LogP contribution in [-0.4, -0.2) is 43.6 Å². The maximum absolute atomic E-state index is 12.5. The van der Waals surface area contributed by atoms with Crippen LogP contribution in [0, 0.1) is 5.41 Å². The van der Waals surface area contributed by atoms with Crippen molar-refractivity contribution in [1.29, 1.82) is 0 Å². The number of ether oxygens (including phenoxy) is 1. The maximum atomic E-state index is 12.5. The van der Waals surface area contributed by atoms with Gasteiger partial charge in [0.2, 0.25) is 5.91 Å². The van der Waals surface area contributed by atoms with Crippen molar-refractivity contribution in [2.24, 2.45) is 5.41 Å². The van der Waals surface area contributed by atoms with Crippen LogP contribution in [-0.2, 0) is 4.79 Å². The lowest BCUT2D eigenvalue weighted by molar-refractivity contribution is -0.121. The molecule has 0 saturated carbocycles. The van der Waals surface area contributed by atoms with Gasteiger partial charge in [0.1, 0.15) is 5.75 Å². The Labute approximate surface area is 142 Å². The highest BCUT2D eigenvalue weighted by Gasteiger charge is 2.37. The minimum atomic E-state index is -0.0860. The van der Waals surface area contributed by atoms with E-state index in [0.717, 1.165) is 45.3 Å². The van der Waals surface area contributed by atoms with Gasteiger partial charge in [0.25, 0.3) is 0 Å². The minimum Gasteiger partial charge on any atom is -0.495 e. The molecule has 2 fully saturated rings. The van der Waals surface area contributed by atoms with Crippen molar-refractivity contribution in [2.45, 2.75) is 32.1 Å². The normalized spacial score (nSPS) is 20.2. The first-order valence-electron chi connectivity index (χ1n) is 8.58. The lowest BCUT2D eigenvalue weighted by Gasteiger charge is -2.41. The number of rotatable bonds is 2. The van der Waals surface area contributed by atoms with Gasteiger partial charge in [-0.25, -0.2) is 4.79 Å². The summed E-state index contributed by atoms with van der Waals surface area (Å²) in [6.07, 6.45) is 4.47. The van der Waals surface area contributed by atoms with Crippen molar-refractivity contribution in [3.63, 3.8) is 0 Å². The molecule has 1 aromatic carbocycles. The molecule has 2 saturated heterocycles. The molecule has 2 heterocycles. The van der Waals surface area contributed by atoms with Gasteiger partial charge in [-0.1, -0.05) is 12.1 Å². The lowest BCUT2D eigenvalue weighted by Crippen LogP contribution is -2.45. The first-order chi connectivity index (χ1) is 11.6. The zero-order valence-corrected chi connectivity index (χ0v) is 14.1. The number of likely N-dealkylation sites (tertiary alicyclic amines) is 1. The largest absolute Gasteiger partial charge is 0.495 e. The van der Waals surface area contributed by atoms with E-state index >= 15 is 0 Å². The Balaban J connectivity index is 1.58. The van der Waals surface area contributed by atoms with E-state index in [1.54, 1.807) is 7.11 Å². The van der Waals surface area contributed by atoms with Crippen molar-refractivity contribution >= 4 is 17.6 Å². The molecule has 3 amide bonds. The van der Waals surface area contributed by atoms with E-state index in [9.17, 15) is 9.59 Å². The Morgan fingerprint density at radius 2 is 1.96 bits per heavy atom. The van der Waals surface area contributed by atoms with Crippen LogP contribution in [0.5, 0.6) is 5.75 Å². The standard InChI is InChI=1S/C18H25N3O3/c1-24-15-5-3-2-4-14(15)20-17(23)21-12-9-18(10-13-21)7-6-16(22)19-11-8-18/h2-5H,6-13H2,1H3,(H,19,22)(H,20,23). The number of para-hydroxylation sites is 2. The van der Waals surface area contributed by atoms with E-state index < -0.39 is 0 Å². The number of hydrogen-bond acceptors (Lipinski definition) is 3. The molecule has 0 unspecified atom stereocenters. The second-order valence-corrected chi connectivity index (χ2v) is 6.72. The maximum Gasteiger partial charge on any atom is 0.321 e. The molecule has 6 nitrogen and oxygen atoms in total. The predicted octanol–water partition coefficient (Wildman–Crippen LogP) is 2.61. The van der Waals surface area contributed by atoms with Crippen LogP contribution < -0.4 is 15.4 Å². The summed E-state index contributed by atoms with van der Waals surface area (Å²) >= 11 is 0. The van der Waals surface area contributed by atoms with Gasteiger partial charge in [-0.2, -0.15) is 0 Å². The molecule has 24 heavy (non-hydrogen) atoms. The molecule has 2 aliphatic rings. The summed E-state index contributed by atoms with van der Waals surface area (Å²) in [5, 5.41) is 5.89. The molecule has 0 bridgehead atoms. The fraction of sp³-hybridized carbons (Fsp3) is 0.556. The molecule has 0 radical (unpaired) electrons. The molecule has 1 aromatic rings. The number of nitrogens with zero attached hydrogens (tertiary/aromatic N) is 1. The third kappa shape index (κ3) is 3.63. The van der Waals surface area contributed by atoms with Crippen LogP contribution in [0.25, 0.3) is 0 Å². The molecule has 3 rings (SSSR count). The smallest absolute Gasteiger partial charge is 0.321 e. The Hall–Kier alpha value is -2.24. The van der Waals surface area contributed by atoms with Crippen LogP contribution in [0.4, 0.5) is 10.5 Å². The van der Waals surface area contributed by atoms with Crippen molar-refractivity contribution < 1.29 is 14.3 Å². The molecule has 2 aliphatic heterocycles. The van der Waals surface area contributed by atoms with E-state index in [1.807, 2.05) is 29.2 Å². The number of anilines is 1. The highest BCUT2D eigenvalue weighted by molar-refractivity contribution is 5.91. The van der Waals surface area contributed by atoms with Gasteiger partial charge in [0, 0.05) is 26.1 Å². The first-order valence-corrected chi connectivity index (χ1v) is 8.58. The van der Waals surface area contributed by atoms with Gasteiger partial charge in [-0.05, 0) is 43.2 Å². The predicted molar refractivity (Wildman–Crippen MR) is 92.1 cm³/mol. The summed E-state index contributed by atoms with van der Waals surface area (Å²) in [7, 11) is 1.59. The van der Waals surface area contributed by atoms with E-state index in [2.05, 4.69) is 10.6 Å². The average molecular weight is 331 g/mol. The number of piperidine rings is 1. The topological polar surface area (TPSA) is 70.7 Å². The summed E-state index contributed by atoms with van der Waals surface area (Å²) < 4.78 is 5.28. The molecule has 0 aromatic heterocycles. The zero-order chi connectivity index (χ0) is 17.0. The first kappa shape index (κ1) is 16.6. The molecule has 1 spiro atoms. The van der Waals surface area contributed by atoms with E-state index in [-0.39, 0.29) is 17.4 Å². The van der Waals surface area contributed by atoms with E-state index in [4.69, 9.17) is 4.74 Å². The third-order valence-corrected chi connectivity index (χ3v) is 5.32. The van der Waals surface area contributed by atoms with Gasteiger partial charge in [0.15, 0.2) is 0 Å². The van der Waals surface area contributed by atoms with Crippen LogP contribution in [0.3, 0.4) is 0 Å². The highest BCUT2D eigenvalue weighted by atomic mass is 16.5. The fourth-order valence-corrected chi connectivity index (χ4v) is 3.69. The monoisotopic (exact) mass is 331 g/mol. The van der Waals surface area contributed by atoms with Crippen LogP contribution in [0.2, 0.25) is 0 Å². The molecular weight excluding hydrogens is 306 g/mol. The van der Waals surface area contributed by atoms with Crippen LogP contribution in [0.1, 0.15) is 32.1 Å². The zero-order valence-electron chi connectivity index (χ0n) is 14.1. The molecule has 2 N–H and O–H groups in total. The third-order valence-electron chi connectivity index (χ3n) is 5.32. The number of benzene rings is 1. The van der Waals surface area contributed by atoms with Crippen molar-refractivity contribution in [3.8, 4) is 5.75 Å². The van der Waals surface area contributed by atoms with Gasteiger partial charge in [-0.15, -0.1) is 0 Å². The Morgan fingerprint density at radius 3 is 2.71 bits per heavy atom. The number of urea groups is 1. The number of carbonyl (C=O) groups excluding carboxylic acids is 2. The lowest BCUT2D eigenvalue weighted by atomic mass is 9.73. The molecule has 6 heteroatoms. The van der Waals surface area contributed by atoms with Gasteiger partial charge in [0.05, 0.1) is 12.8 Å². The Morgan fingerprint density at radius 1 is 1.21 bits per heavy atom.